The third-order valence-electron chi connectivity index (χ3n) is 1.52. The van der Waals surface area contributed by atoms with Gasteiger partial charge in [-0.05, 0) is 34.1 Å². The molecule has 90 valence electrons. The van der Waals surface area contributed by atoms with Crippen LogP contribution in [0.1, 0.15) is 0 Å². The van der Waals surface area contributed by atoms with Crippen LogP contribution in [0.4, 0.5) is 18.9 Å². The normalized spacial score (nSPS) is 11.8. The molecule has 0 heterocycles. The van der Waals surface area contributed by atoms with E-state index in [9.17, 15) is 13.2 Å². The Morgan fingerprint density at radius 2 is 2.06 bits per heavy atom. The predicted octanol–water partition coefficient (Wildman–Crippen LogP) is 3.66. The SMILES string of the molecule is Nc1ccc(SCOCC(F)(F)F)c(Br)c1. The van der Waals surface area contributed by atoms with Crippen molar-refractivity contribution in [1.29, 1.82) is 0 Å². The number of benzene rings is 1. The zero-order valence-electron chi connectivity index (χ0n) is 8.05. The molecule has 0 atom stereocenters. The van der Waals surface area contributed by atoms with Gasteiger partial charge in [-0.25, -0.2) is 0 Å². The quantitative estimate of drug-likeness (QED) is 0.398. The summed E-state index contributed by atoms with van der Waals surface area (Å²) in [6, 6.07) is 5.09. The summed E-state index contributed by atoms with van der Waals surface area (Å²) in [5.41, 5.74) is 6.11. The fourth-order valence-electron chi connectivity index (χ4n) is 0.897. The van der Waals surface area contributed by atoms with Gasteiger partial charge < -0.3 is 10.5 Å². The minimum atomic E-state index is -4.28. The number of hydrogen-bond acceptors (Lipinski definition) is 3. The Bertz CT molecular complexity index is 359. The summed E-state index contributed by atoms with van der Waals surface area (Å²) in [5.74, 6) is -0.0535. The van der Waals surface area contributed by atoms with Crippen molar-refractivity contribution < 1.29 is 17.9 Å². The molecule has 1 aromatic carbocycles. The van der Waals surface area contributed by atoms with Gasteiger partial charge >= 0.3 is 6.18 Å². The third kappa shape index (κ3) is 5.09. The second-order valence-electron chi connectivity index (χ2n) is 2.92. The van der Waals surface area contributed by atoms with Gasteiger partial charge in [0.05, 0.1) is 5.94 Å². The van der Waals surface area contributed by atoms with E-state index in [0.29, 0.717) is 5.69 Å². The van der Waals surface area contributed by atoms with E-state index < -0.39 is 12.8 Å². The van der Waals surface area contributed by atoms with Gasteiger partial charge in [0.2, 0.25) is 0 Å². The highest BCUT2D eigenvalue weighted by atomic mass is 79.9. The van der Waals surface area contributed by atoms with E-state index in [1.54, 1.807) is 18.2 Å². The summed E-state index contributed by atoms with van der Waals surface area (Å²) in [4.78, 5) is 0.788. The minimum Gasteiger partial charge on any atom is -0.399 e. The van der Waals surface area contributed by atoms with Crippen LogP contribution in [0.15, 0.2) is 27.6 Å². The molecule has 0 unspecified atom stereocenters. The lowest BCUT2D eigenvalue weighted by Crippen LogP contribution is -2.16. The Morgan fingerprint density at radius 3 is 2.62 bits per heavy atom. The van der Waals surface area contributed by atoms with Crippen molar-refractivity contribution in [2.24, 2.45) is 0 Å². The van der Waals surface area contributed by atoms with Crippen LogP contribution in [0.3, 0.4) is 0 Å². The van der Waals surface area contributed by atoms with Crippen molar-refractivity contribution >= 4 is 33.4 Å². The number of nitrogen functional groups attached to an aromatic ring is 1. The number of anilines is 1. The Kier molecular flexibility index (Phi) is 4.94. The fourth-order valence-corrected chi connectivity index (χ4v) is 2.29. The molecule has 2 N–H and O–H groups in total. The lowest BCUT2D eigenvalue weighted by Gasteiger charge is -2.08. The maximum Gasteiger partial charge on any atom is 0.411 e. The van der Waals surface area contributed by atoms with Gasteiger partial charge in [-0.1, -0.05) is 11.8 Å². The smallest absolute Gasteiger partial charge is 0.399 e. The van der Waals surface area contributed by atoms with E-state index in [1.807, 2.05) is 0 Å². The van der Waals surface area contributed by atoms with Gasteiger partial charge in [-0.3, -0.25) is 0 Å². The van der Waals surface area contributed by atoms with Gasteiger partial charge in [-0.15, -0.1) is 0 Å². The van der Waals surface area contributed by atoms with Crippen LogP contribution in [0.25, 0.3) is 0 Å². The second kappa shape index (κ2) is 5.79. The van der Waals surface area contributed by atoms with Crippen molar-refractivity contribution in [3.63, 3.8) is 0 Å². The van der Waals surface area contributed by atoms with Gasteiger partial charge in [0.25, 0.3) is 0 Å². The topological polar surface area (TPSA) is 35.2 Å². The summed E-state index contributed by atoms with van der Waals surface area (Å²) in [6.45, 7) is -1.23. The molecule has 16 heavy (non-hydrogen) atoms. The summed E-state index contributed by atoms with van der Waals surface area (Å²) in [6.07, 6.45) is -4.28. The maximum atomic E-state index is 11.8. The van der Waals surface area contributed by atoms with Crippen LogP contribution in [0, 0.1) is 0 Å². The first-order valence-electron chi connectivity index (χ1n) is 4.21. The average Bonchev–Trinajstić information content (AvgIpc) is 2.13. The molecule has 0 fully saturated rings. The van der Waals surface area contributed by atoms with E-state index in [-0.39, 0.29) is 5.94 Å². The number of nitrogens with two attached hydrogens (primary N) is 1. The molecule has 7 heteroatoms. The van der Waals surface area contributed by atoms with E-state index >= 15 is 0 Å². The van der Waals surface area contributed by atoms with Crippen LogP contribution in [0.5, 0.6) is 0 Å². The molecule has 2 nitrogen and oxygen atoms in total. The van der Waals surface area contributed by atoms with Crippen LogP contribution >= 0.6 is 27.7 Å². The zero-order valence-corrected chi connectivity index (χ0v) is 10.5. The number of ether oxygens (including phenoxy) is 1. The molecule has 0 aliphatic carbocycles. The van der Waals surface area contributed by atoms with Crippen LogP contribution in [-0.2, 0) is 4.74 Å². The predicted molar refractivity (Wildman–Crippen MR) is 61.3 cm³/mol. The van der Waals surface area contributed by atoms with Gasteiger partial charge in [0.1, 0.15) is 6.61 Å². The average molecular weight is 316 g/mol. The lowest BCUT2D eigenvalue weighted by molar-refractivity contribution is -0.168. The molecule has 1 aromatic rings. The number of alkyl halides is 3. The van der Waals surface area contributed by atoms with Crippen molar-refractivity contribution in [3.05, 3.63) is 22.7 Å². The highest BCUT2D eigenvalue weighted by Crippen LogP contribution is 2.29. The van der Waals surface area contributed by atoms with Crippen LogP contribution in [-0.4, -0.2) is 18.7 Å². The maximum absolute atomic E-state index is 11.8. The standard InChI is InChI=1S/C9H9BrF3NOS/c10-7-3-6(14)1-2-8(7)16-5-15-4-9(11,12)13/h1-3H,4-5,14H2. The Hall–Kier alpha value is -0.400. The highest BCUT2D eigenvalue weighted by molar-refractivity contribution is 9.10. The molecule has 0 spiro atoms. The van der Waals surface area contributed by atoms with Crippen molar-refractivity contribution in [1.82, 2.24) is 0 Å². The Labute approximate surface area is 103 Å². The van der Waals surface area contributed by atoms with Crippen molar-refractivity contribution in [3.8, 4) is 0 Å². The number of thioether (sulfide) groups is 1. The molecule has 1 rings (SSSR count). The van der Waals surface area contributed by atoms with Crippen LogP contribution in [0.2, 0.25) is 0 Å². The molecule has 0 radical (unpaired) electrons. The molecule has 0 aliphatic heterocycles. The molecule has 0 saturated carbocycles. The first kappa shape index (κ1) is 13.7. The molecule has 0 saturated heterocycles. The van der Waals surface area contributed by atoms with Crippen molar-refractivity contribution in [2.75, 3.05) is 18.3 Å². The number of rotatable bonds is 4. The van der Waals surface area contributed by atoms with Crippen LogP contribution < -0.4 is 5.73 Å². The van der Waals surface area contributed by atoms with Gasteiger partial charge in [0.15, 0.2) is 0 Å². The van der Waals surface area contributed by atoms with E-state index in [4.69, 9.17) is 5.73 Å². The zero-order chi connectivity index (χ0) is 12.2. The molecule has 0 bridgehead atoms. The minimum absolute atomic E-state index is 0.0535. The van der Waals surface area contributed by atoms with E-state index in [0.717, 1.165) is 9.37 Å². The first-order valence-corrected chi connectivity index (χ1v) is 5.98. The van der Waals surface area contributed by atoms with Gasteiger partial charge in [0, 0.05) is 15.1 Å². The lowest BCUT2D eigenvalue weighted by atomic mass is 10.3. The van der Waals surface area contributed by atoms with Crippen molar-refractivity contribution in [2.45, 2.75) is 11.1 Å². The summed E-state index contributed by atoms with van der Waals surface area (Å²) < 4.78 is 40.5. The van der Waals surface area contributed by atoms with E-state index in [2.05, 4.69) is 20.7 Å². The second-order valence-corrected chi connectivity index (χ2v) is 4.73. The van der Waals surface area contributed by atoms with E-state index in [1.165, 1.54) is 11.8 Å². The largest absolute Gasteiger partial charge is 0.411 e. The summed E-state index contributed by atoms with van der Waals surface area (Å²) in [7, 11) is 0. The molecular formula is C9H9BrF3NOS. The number of halogens is 4. The summed E-state index contributed by atoms with van der Waals surface area (Å²) in [5, 5.41) is 0. The van der Waals surface area contributed by atoms with Gasteiger partial charge in [-0.2, -0.15) is 13.2 Å². The Balaban J connectivity index is 2.38. The molecular weight excluding hydrogens is 307 g/mol. The third-order valence-corrected chi connectivity index (χ3v) is 3.39. The molecule has 0 aromatic heterocycles. The monoisotopic (exact) mass is 315 g/mol. The highest BCUT2D eigenvalue weighted by Gasteiger charge is 2.27. The number of hydrogen-bond donors (Lipinski definition) is 1. The summed E-state index contributed by atoms with van der Waals surface area (Å²) >= 11 is 4.43. The fraction of sp³-hybridized carbons (Fsp3) is 0.333. The first-order chi connectivity index (χ1) is 7.38. The Morgan fingerprint density at radius 1 is 1.38 bits per heavy atom. The molecule has 0 aliphatic rings. The molecule has 0 amide bonds.